The molecular weight excluding hydrogens is 428 g/mol. The van der Waals surface area contributed by atoms with Crippen LogP contribution in [-0.2, 0) is 10.0 Å². The average molecular weight is 449 g/mol. The van der Waals surface area contributed by atoms with Gasteiger partial charge in [0.1, 0.15) is 13.2 Å². The van der Waals surface area contributed by atoms with Gasteiger partial charge in [0.25, 0.3) is 5.91 Å². The number of carbonyl (C=O) groups excluding carboxylic acids is 1. The molecule has 0 saturated carbocycles. The molecule has 158 valence electrons. The molecule has 7 nitrogen and oxygen atoms in total. The zero-order valence-corrected chi connectivity index (χ0v) is 17.7. The third-order valence-corrected chi connectivity index (χ3v) is 6.81. The number of amides is 1. The second-order valence-electron chi connectivity index (χ2n) is 6.93. The predicted molar refractivity (Wildman–Crippen MR) is 114 cm³/mol. The van der Waals surface area contributed by atoms with Gasteiger partial charge in [0.2, 0.25) is 10.0 Å². The van der Waals surface area contributed by atoms with Crippen LogP contribution in [0.2, 0.25) is 5.02 Å². The smallest absolute Gasteiger partial charge is 0.254 e. The van der Waals surface area contributed by atoms with Crippen LogP contribution in [0.15, 0.2) is 47.9 Å². The summed E-state index contributed by atoms with van der Waals surface area (Å²) in [4.78, 5) is 14.5. The maximum absolute atomic E-state index is 12.9. The Kier molecular flexibility index (Phi) is 5.99. The van der Waals surface area contributed by atoms with Crippen LogP contribution in [0, 0.1) is 0 Å². The van der Waals surface area contributed by atoms with Crippen LogP contribution >= 0.6 is 11.6 Å². The van der Waals surface area contributed by atoms with Gasteiger partial charge in [-0.2, -0.15) is 4.31 Å². The molecule has 2 heterocycles. The fourth-order valence-corrected chi connectivity index (χ4v) is 4.82. The standard InChI is InChI=1S/C21H21ClN2O5S/c22-18-14-17(15-19-20(18)29-12-11-28-19)21(25)23-7-9-24(10-8-23)30(26,27)13-6-16-4-2-1-3-5-16/h1-6,13-15H,7-12H2/b13-6+. The van der Waals surface area contributed by atoms with Crippen molar-refractivity contribution in [3.63, 3.8) is 0 Å². The van der Waals surface area contributed by atoms with Gasteiger partial charge < -0.3 is 14.4 Å². The monoisotopic (exact) mass is 448 g/mol. The van der Waals surface area contributed by atoms with Crippen LogP contribution in [0.1, 0.15) is 15.9 Å². The minimum atomic E-state index is -3.56. The number of hydrogen-bond acceptors (Lipinski definition) is 5. The number of nitrogens with zero attached hydrogens (tertiary/aromatic N) is 2. The predicted octanol–water partition coefficient (Wildman–Crippen LogP) is 2.87. The van der Waals surface area contributed by atoms with Gasteiger partial charge in [0.15, 0.2) is 11.5 Å². The Bertz CT molecular complexity index is 1060. The molecule has 0 radical (unpaired) electrons. The molecular formula is C21H21ClN2O5S. The molecule has 2 aliphatic heterocycles. The van der Waals surface area contributed by atoms with Crippen LogP contribution in [0.4, 0.5) is 0 Å². The van der Waals surface area contributed by atoms with Crippen molar-refractivity contribution in [2.75, 3.05) is 39.4 Å². The molecule has 2 aromatic rings. The lowest BCUT2D eigenvalue weighted by Crippen LogP contribution is -2.50. The minimum Gasteiger partial charge on any atom is -0.486 e. The molecule has 1 amide bonds. The van der Waals surface area contributed by atoms with Gasteiger partial charge in [-0.05, 0) is 23.8 Å². The first-order chi connectivity index (χ1) is 14.4. The van der Waals surface area contributed by atoms with Gasteiger partial charge >= 0.3 is 0 Å². The number of ether oxygens (including phenoxy) is 2. The van der Waals surface area contributed by atoms with E-state index < -0.39 is 10.0 Å². The number of benzene rings is 2. The molecule has 2 aliphatic rings. The SMILES string of the molecule is O=C(c1cc(Cl)c2c(c1)OCCO2)N1CCN(S(=O)(=O)/C=C/c2ccccc2)CC1. The van der Waals surface area contributed by atoms with Crippen LogP contribution in [0.3, 0.4) is 0 Å². The molecule has 0 atom stereocenters. The lowest BCUT2D eigenvalue weighted by molar-refractivity contribution is 0.0697. The molecule has 1 saturated heterocycles. The number of hydrogen-bond donors (Lipinski definition) is 0. The summed E-state index contributed by atoms with van der Waals surface area (Å²) in [5.74, 6) is 0.677. The quantitative estimate of drug-likeness (QED) is 0.718. The summed E-state index contributed by atoms with van der Waals surface area (Å²) >= 11 is 6.23. The Morgan fingerprint density at radius 3 is 2.43 bits per heavy atom. The van der Waals surface area contributed by atoms with Crippen molar-refractivity contribution in [2.45, 2.75) is 0 Å². The Labute approximate surface area is 180 Å². The van der Waals surface area contributed by atoms with Crippen molar-refractivity contribution in [3.8, 4) is 11.5 Å². The molecule has 0 bridgehead atoms. The van der Waals surface area contributed by atoms with Crippen LogP contribution in [0.25, 0.3) is 6.08 Å². The first-order valence-electron chi connectivity index (χ1n) is 9.56. The van der Waals surface area contributed by atoms with E-state index in [2.05, 4.69) is 0 Å². The minimum absolute atomic E-state index is 0.217. The number of carbonyl (C=O) groups is 1. The van der Waals surface area contributed by atoms with E-state index >= 15 is 0 Å². The topological polar surface area (TPSA) is 76.2 Å². The molecule has 0 N–H and O–H groups in total. The highest BCUT2D eigenvalue weighted by atomic mass is 35.5. The summed E-state index contributed by atoms with van der Waals surface area (Å²) in [6, 6.07) is 12.4. The Hall–Kier alpha value is -2.55. The number of rotatable bonds is 4. The van der Waals surface area contributed by atoms with Crippen molar-refractivity contribution in [1.82, 2.24) is 9.21 Å². The molecule has 0 aliphatic carbocycles. The molecule has 0 aromatic heterocycles. The van der Waals surface area contributed by atoms with E-state index in [0.29, 0.717) is 48.4 Å². The molecule has 0 spiro atoms. The fraction of sp³-hybridized carbons (Fsp3) is 0.286. The summed E-state index contributed by atoms with van der Waals surface area (Å²) < 4.78 is 37.6. The molecule has 9 heteroatoms. The first-order valence-corrected chi connectivity index (χ1v) is 11.4. The van der Waals surface area contributed by atoms with Crippen molar-refractivity contribution in [3.05, 3.63) is 64.0 Å². The summed E-state index contributed by atoms with van der Waals surface area (Å²) in [7, 11) is -3.56. The summed E-state index contributed by atoms with van der Waals surface area (Å²) in [5, 5.41) is 1.53. The van der Waals surface area contributed by atoms with E-state index in [0.717, 1.165) is 5.56 Å². The highest BCUT2D eigenvalue weighted by Crippen LogP contribution is 2.38. The van der Waals surface area contributed by atoms with E-state index in [1.807, 2.05) is 30.3 Å². The second kappa shape index (κ2) is 8.67. The largest absolute Gasteiger partial charge is 0.486 e. The third kappa shape index (κ3) is 4.45. The highest BCUT2D eigenvalue weighted by Gasteiger charge is 2.29. The maximum atomic E-state index is 12.9. The van der Waals surface area contributed by atoms with Crippen LogP contribution in [-0.4, -0.2) is 62.9 Å². The zero-order valence-electron chi connectivity index (χ0n) is 16.2. The van der Waals surface area contributed by atoms with Gasteiger partial charge in [-0.1, -0.05) is 41.9 Å². The number of sulfonamides is 1. The van der Waals surface area contributed by atoms with Crippen molar-refractivity contribution < 1.29 is 22.7 Å². The van der Waals surface area contributed by atoms with Crippen LogP contribution < -0.4 is 9.47 Å². The van der Waals surface area contributed by atoms with Crippen LogP contribution in [0.5, 0.6) is 11.5 Å². The highest BCUT2D eigenvalue weighted by molar-refractivity contribution is 7.92. The first kappa shape index (κ1) is 20.7. The summed E-state index contributed by atoms with van der Waals surface area (Å²) in [6.07, 6.45) is 1.57. The summed E-state index contributed by atoms with van der Waals surface area (Å²) in [5.41, 5.74) is 1.20. The zero-order chi connectivity index (χ0) is 21.1. The fourth-order valence-electron chi connectivity index (χ4n) is 3.38. The lowest BCUT2D eigenvalue weighted by Gasteiger charge is -2.33. The number of piperazine rings is 1. The molecule has 0 unspecified atom stereocenters. The number of halogens is 1. The van der Waals surface area contributed by atoms with E-state index in [-0.39, 0.29) is 19.0 Å². The Balaban J connectivity index is 1.41. The van der Waals surface area contributed by atoms with E-state index in [4.69, 9.17) is 21.1 Å². The van der Waals surface area contributed by atoms with E-state index in [9.17, 15) is 13.2 Å². The normalized spacial score (nSPS) is 17.3. The molecule has 2 aromatic carbocycles. The Morgan fingerprint density at radius 1 is 1.00 bits per heavy atom. The average Bonchev–Trinajstić information content (AvgIpc) is 2.78. The van der Waals surface area contributed by atoms with E-state index in [1.54, 1.807) is 23.1 Å². The summed E-state index contributed by atoms with van der Waals surface area (Å²) in [6.45, 7) is 1.85. The van der Waals surface area contributed by atoms with Crippen molar-refractivity contribution >= 4 is 33.6 Å². The van der Waals surface area contributed by atoms with Crippen molar-refractivity contribution in [2.24, 2.45) is 0 Å². The van der Waals surface area contributed by atoms with Gasteiger partial charge in [0.05, 0.1) is 5.02 Å². The molecule has 1 fully saturated rings. The lowest BCUT2D eigenvalue weighted by atomic mass is 10.1. The van der Waals surface area contributed by atoms with Gasteiger partial charge in [0, 0.05) is 37.2 Å². The maximum Gasteiger partial charge on any atom is 0.254 e. The Morgan fingerprint density at radius 2 is 1.70 bits per heavy atom. The van der Waals surface area contributed by atoms with E-state index in [1.165, 1.54) is 9.71 Å². The molecule has 4 rings (SSSR count). The second-order valence-corrected chi connectivity index (χ2v) is 9.16. The van der Waals surface area contributed by atoms with Gasteiger partial charge in [-0.15, -0.1) is 0 Å². The van der Waals surface area contributed by atoms with Crippen molar-refractivity contribution in [1.29, 1.82) is 0 Å². The third-order valence-electron chi connectivity index (χ3n) is 4.96. The number of fused-ring (bicyclic) bond motifs is 1. The van der Waals surface area contributed by atoms with Gasteiger partial charge in [-0.25, -0.2) is 8.42 Å². The van der Waals surface area contributed by atoms with Gasteiger partial charge in [-0.3, -0.25) is 4.79 Å². The molecule has 30 heavy (non-hydrogen) atoms.